The van der Waals surface area contributed by atoms with Crippen molar-refractivity contribution in [3.63, 3.8) is 0 Å². The number of amides is 1. The van der Waals surface area contributed by atoms with Gasteiger partial charge in [0.25, 0.3) is 0 Å². The second kappa shape index (κ2) is 8.27. The monoisotopic (exact) mass is 361 g/mol. The molecule has 0 aliphatic heterocycles. The molecule has 0 aromatic carbocycles. The first-order chi connectivity index (χ1) is 11.4. The van der Waals surface area contributed by atoms with Gasteiger partial charge in [-0.25, -0.2) is 0 Å². The predicted octanol–water partition coefficient (Wildman–Crippen LogP) is 3.92. The minimum Gasteiger partial charge on any atom is -0.339 e. The molecule has 2 rings (SSSR count). The Kier molecular flexibility index (Phi) is 6.36. The number of thiophene rings is 1. The number of hydrogen-bond donors (Lipinski definition) is 0. The summed E-state index contributed by atoms with van der Waals surface area (Å²) in [6, 6.07) is 3.74. The minimum atomic E-state index is -4.38. The van der Waals surface area contributed by atoms with E-state index in [1.807, 2.05) is 17.5 Å². The number of rotatable bonds is 8. The molecule has 0 saturated carbocycles. The summed E-state index contributed by atoms with van der Waals surface area (Å²) in [5, 5.41) is 5.75. The van der Waals surface area contributed by atoms with Gasteiger partial charge in [-0.2, -0.15) is 18.2 Å². The molecule has 5 nitrogen and oxygen atoms in total. The zero-order valence-electron chi connectivity index (χ0n) is 13.2. The Balaban J connectivity index is 1.83. The molecule has 1 amide bonds. The molecule has 2 aromatic heterocycles. The van der Waals surface area contributed by atoms with Crippen LogP contribution < -0.4 is 0 Å². The molecule has 0 N–H and O–H groups in total. The lowest BCUT2D eigenvalue weighted by molar-refractivity contribution is -0.161. The molecule has 0 bridgehead atoms. The molecular formula is C15H18F3N3O2S. The first kappa shape index (κ1) is 18.4. The maximum Gasteiger partial charge on any atom is 0.406 e. The van der Waals surface area contributed by atoms with E-state index in [1.54, 1.807) is 6.92 Å². The van der Waals surface area contributed by atoms with E-state index in [2.05, 4.69) is 10.1 Å². The number of halogens is 3. The van der Waals surface area contributed by atoms with Gasteiger partial charge in [0, 0.05) is 19.4 Å². The Morgan fingerprint density at radius 1 is 1.42 bits per heavy atom. The average Bonchev–Trinajstić information content (AvgIpc) is 3.16. The quantitative estimate of drug-likeness (QED) is 0.715. The van der Waals surface area contributed by atoms with Gasteiger partial charge in [0.15, 0.2) is 0 Å². The summed E-state index contributed by atoms with van der Waals surface area (Å²) in [4.78, 5) is 17.9. The van der Waals surface area contributed by atoms with Gasteiger partial charge in [-0.3, -0.25) is 4.79 Å². The maximum absolute atomic E-state index is 12.5. The molecular weight excluding hydrogens is 343 g/mol. The van der Waals surface area contributed by atoms with Crippen LogP contribution in [0.2, 0.25) is 0 Å². The number of aromatic nitrogens is 2. The van der Waals surface area contributed by atoms with Crippen LogP contribution in [0.15, 0.2) is 22.0 Å². The highest BCUT2D eigenvalue weighted by Gasteiger charge is 2.32. The van der Waals surface area contributed by atoms with E-state index in [0.717, 1.165) is 9.78 Å². The van der Waals surface area contributed by atoms with E-state index in [1.165, 1.54) is 11.3 Å². The summed E-state index contributed by atoms with van der Waals surface area (Å²) in [6.07, 6.45) is -3.16. The largest absolute Gasteiger partial charge is 0.406 e. The number of nitrogens with zero attached hydrogens (tertiary/aromatic N) is 3. The Morgan fingerprint density at radius 3 is 2.83 bits per heavy atom. The SMILES string of the molecule is CCCN(CC(F)(F)F)C(=O)CCCc1nc(-c2cccs2)no1. The normalized spacial score (nSPS) is 11.7. The predicted molar refractivity (Wildman–Crippen MR) is 83.5 cm³/mol. The van der Waals surface area contributed by atoms with Crippen LogP contribution >= 0.6 is 11.3 Å². The third-order valence-electron chi connectivity index (χ3n) is 3.21. The van der Waals surface area contributed by atoms with Gasteiger partial charge >= 0.3 is 6.18 Å². The van der Waals surface area contributed by atoms with Crippen LogP contribution in [-0.4, -0.2) is 40.2 Å². The summed E-state index contributed by atoms with van der Waals surface area (Å²) in [6.45, 7) is 0.630. The molecule has 0 spiro atoms. The first-order valence-electron chi connectivity index (χ1n) is 7.60. The highest BCUT2D eigenvalue weighted by molar-refractivity contribution is 7.13. The number of aryl methyl sites for hydroxylation is 1. The summed E-state index contributed by atoms with van der Waals surface area (Å²) < 4.78 is 42.6. The van der Waals surface area contributed by atoms with Crippen molar-refractivity contribution in [3.05, 3.63) is 23.4 Å². The Labute approximate surface area is 141 Å². The average molecular weight is 361 g/mol. The van der Waals surface area contributed by atoms with Crippen molar-refractivity contribution in [2.75, 3.05) is 13.1 Å². The molecule has 0 aliphatic carbocycles. The van der Waals surface area contributed by atoms with Crippen molar-refractivity contribution in [2.24, 2.45) is 0 Å². The molecule has 2 aromatic rings. The van der Waals surface area contributed by atoms with Crippen molar-refractivity contribution < 1.29 is 22.5 Å². The molecule has 9 heteroatoms. The maximum atomic E-state index is 12.5. The molecule has 0 saturated heterocycles. The summed E-state index contributed by atoms with van der Waals surface area (Å²) >= 11 is 1.48. The number of hydrogen-bond acceptors (Lipinski definition) is 5. The van der Waals surface area contributed by atoms with Crippen LogP contribution in [0.5, 0.6) is 0 Å². The lowest BCUT2D eigenvalue weighted by Gasteiger charge is -2.23. The number of carbonyl (C=O) groups is 1. The van der Waals surface area contributed by atoms with Gasteiger partial charge in [-0.1, -0.05) is 18.1 Å². The highest BCUT2D eigenvalue weighted by atomic mass is 32.1. The molecule has 2 heterocycles. The van der Waals surface area contributed by atoms with Crippen LogP contribution in [0.3, 0.4) is 0 Å². The Bertz CT molecular complexity index is 641. The summed E-state index contributed by atoms with van der Waals surface area (Å²) in [5.41, 5.74) is 0. The topological polar surface area (TPSA) is 59.2 Å². The van der Waals surface area contributed by atoms with Gasteiger partial charge in [-0.05, 0) is 24.3 Å². The summed E-state index contributed by atoms with van der Waals surface area (Å²) in [7, 11) is 0. The van der Waals surface area contributed by atoms with Crippen molar-refractivity contribution in [2.45, 2.75) is 38.8 Å². The smallest absolute Gasteiger partial charge is 0.339 e. The molecule has 0 aliphatic rings. The number of alkyl halides is 3. The molecule has 0 atom stereocenters. The van der Waals surface area contributed by atoms with Gasteiger partial charge < -0.3 is 9.42 Å². The van der Waals surface area contributed by atoms with E-state index in [4.69, 9.17) is 4.52 Å². The van der Waals surface area contributed by atoms with Crippen LogP contribution in [0, 0.1) is 0 Å². The van der Waals surface area contributed by atoms with Crippen LogP contribution in [-0.2, 0) is 11.2 Å². The van der Waals surface area contributed by atoms with E-state index in [9.17, 15) is 18.0 Å². The van der Waals surface area contributed by atoms with E-state index >= 15 is 0 Å². The Hall–Kier alpha value is -1.90. The van der Waals surface area contributed by atoms with Gasteiger partial charge in [0.1, 0.15) is 6.54 Å². The lowest BCUT2D eigenvalue weighted by atomic mass is 10.2. The molecule has 24 heavy (non-hydrogen) atoms. The van der Waals surface area contributed by atoms with Gasteiger partial charge in [0.05, 0.1) is 4.88 Å². The van der Waals surface area contributed by atoms with Gasteiger partial charge in [0.2, 0.25) is 17.6 Å². The minimum absolute atomic E-state index is 0.0206. The van der Waals surface area contributed by atoms with E-state index in [0.29, 0.717) is 31.0 Å². The van der Waals surface area contributed by atoms with Crippen molar-refractivity contribution >= 4 is 17.2 Å². The van der Waals surface area contributed by atoms with E-state index in [-0.39, 0.29) is 13.0 Å². The third-order valence-corrected chi connectivity index (χ3v) is 4.07. The van der Waals surface area contributed by atoms with Crippen molar-refractivity contribution in [1.29, 1.82) is 0 Å². The zero-order chi connectivity index (χ0) is 17.6. The fourth-order valence-electron chi connectivity index (χ4n) is 2.19. The fourth-order valence-corrected chi connectivity index (χ4v) is 2.84. The fraction of sp³-hybridized carbons (Fsp3) is 0.533. The molecule has 0 fully saturated rings. The molecule has 0 radical (unpaired) electrons. The lowest BCUT2D eigenvalue weighted by Crippen LogP contribution is -2.39. The van der Waals surface area contributed by atoms with Crippen molar-refractivity contribution in [3.8, 4) is 10.7 Å². The molecule has 0 unspecified atom stereocenters. The first-order valence-corrected chi connectivity index (χ1v) is 8.48. The Morgan fingerprint density at radius 2 is 2.21 bits per heavy atom. The zero-order valence-corrected chi connectivity index (χ0v) is 14.0. The molecule has 132 valence electrons. The van der Waals surface area contributed by atoms with Crippen LogP contribution in [0.1, 0.15) is 32.1 Å². The third kappa shape index (κ3) is 5.63. The highest BCUT2D eigenvalue weighted by Crippen LogP contribution is 2.22. The number of carbonyl (C=O) groups excluding carboxylic acids is 1. The summed E-state index contributed by atoms with van der Waals surface area (Å²) in [5.74, 6) is 0.354. The van der Waals surface area contributed by atoms with Crippen LogP contribution in [0.4, 0.5) is 13.2 Å². The van der Waals surface area contributed by atoms with Crippen LogP contribution in [0.25, 0.3) is 10.7 Å². The second-order valence-electron chi connectivity index (χ2n) is 5.27. The van der Waals surface area contributed by atoms with E-state index < -0.39 is 18.6 Å². The second-order valence-corrected chi connectivity index (χ2v) is 6.22. The van der Waals surface area contributed by atoms with Crippen molar-refractivity contribution in [1.82, 2.24) is 15.0 Å². The standard InChI is InChI=1S/C15H18F3N3O2S/c1-2-8-21(10-15(16,17)18)13(22)7-3-6-12-19-14(20-23-12)11-5-4-9-24-11/h4-5,9H,2-3,6-8,10H2,1H3. The van der Waals surface area contributed by atoms with Gasteiger partial charge in [-0.15, -0.1) is 11.3 Å².